The van der Waals surface area contributed by atoms with Gasteiger partial charge in [-0.3, -0.25) is 9.59 Å². The number of ether oxygens (including phenoxy) is 1. The van der Waals surface area contributed by atoms with Crippen molar-refractivity contribution < 1.29 is 23.6 Å². The molecule has 8 nitrogen and oxygen atoms in total. The van der Waals surface area contributed by atoms with E-state index in [1.807, 2.05) is 19.1 Å². The van der Waals surface area contributed by atoms with E-state index < -0.39 is 24.4 Å². The number of thioether (sulfide) groups is 1. The highest BCUT2D eigenvalue weighted by molar-refractivity contribution is 7.98. The predicted molar refractivity (Wildman–Crippen MR) is 126 cm³/mol. The first-order valence-electron chi connectivity index (χ1n) is 10.5. The van der Waals surface area contributed by atoms with Crippen molar-refractivity contribution in [1.29, 1.82) is 0 Å². The molecule has 0 saturated heterocycles. The van der Waals surface area contributed by atoms with Gasteiger partial charge in [-0.05, 0) is 50.3 Å². The Balaban J connectivity index is 1.38. The minimum Gasteiger partial charge on any atom is -0.452 e. The number of nitrogens with zero attached hydrogens (tertiary/aromatic N) is 1. The lowest BCUT2D eigenvalue weighted by atomic mass is 9.95. The maximum atomic E-state index is 12.6. The van der Waals surface area contributed by atoms with Gasteiger partial charge in [0.25, 0.3) is 11.8 Å². The summed E-state index contributed by atoms with van der Waals surface area (Å²) in [5, 5.41) is 6.98. The largest absolute Gasteiger partial charge is 0.452 e. The standard InChI is InChI=1S/C23H23N3O5S2/c1-13-10-14(31-26-13)12-32-17-8-4-3-7-16(17)23(29)30-11-19(27)25-22-20(21(24)28)15-6-2-5-9-18(15)33-22/h3-4,7-8,10H,2,5-6,9,11-12H2,1H3,(H2,24,28)(H,25,27). The number of nitrogens with one attached hydrogen (secondary N) is 1. The molecule has 0 radical (unpaired) electrons. The highest BCUT2D eigenvalue weighted by Crippen LogP contribution is 2.37. The van der Waals surface area contributed by atoms with Crippen LogP contribution in [0.2, 0.25) is 0 Å². The van der Waals surface area contributed by atoms with Crippen molar-refractivity contribution in [2.75, 3.05) is 11.9 Å². The predicted octanol–water partition coefficient (Wildman–Crippen LogP) is 4.11. The summed E-state index contributed by atoms with van der Waals surface area (Å²) in [6, 6.07) is 8.84. The fourth-order valence-corrected chi connectivity index (χ4v) is 5.91. The molecule has 2 heterocycles. The van der Waals surface area contributed by atoms with E-state index in [9.17, 15) is 14.4 Å². The van der Waals surface area contributed by atoms with Gasteiger partial charge < -0.3 is 20.3 Å². The molecule has 0 atom stereocenters. The number of anilines is 1. The molecule has 0 fully saturated rings. The first-order chi connectivity index (χ1) is 15.9. The van der Waals surface area contributed by atoms with Crippen molar-refractivity contribution in [3.8, 4) is 0 Å². The molecule has 1 aliphatic rings. The van der Waals surface area contributed by atoms with Gasteiger partial charge in [-0.25, -0.2) is 4.79 Å². The van der Waals surface area contributed by atoms with E-state index in [0.29, 0.717) is 32.5 Å². The van der Waals surface area contributed by atoms with Gasteiger partial charge in [0.2, 0.25) is 0 Å². The number of nitrogens with two attached hydrogens (primary N) is 1. The summed E-state index contributed by atoms with van der Waals surface area (Å²) in [5.74, 6) is -0.488. The first-order valence-corrected chi connectivity index (χ1v) is 12.3. The second-order valence-electron chi connectivity index (χ2n) is 7.62. The number of rotatable bonds is 8. The molecule has 3 aromatic rings. The number of aryl methyl sites for hydroxylation is 2. The van der Waals surface area contributed by atoms with Crippen LogP contribution in [0.1, 0.15) is 55.5 Å². The number of amides is 2. The minimum absolute atomic E-state index is 0.357. The van der Waals surface area contributed by atoms with E-state index in [1.165, 1.54) is 23.1 Å². The van der Waals surface area contributed by atoms with Gasteiger partial charge in [0.15, 0.2) is 6.61 Å². The monoisotopic (exact) mass is 485 g/mol. The molecule has 1 aliphatic carbocycles. The van der Waals surface area contributed by atoms with Crippen LogP contribution in [-0.2, 0) is 28.1 Å². The van der Waals surface area contributed by atoms with Crippen LogP contribution in [0.4, 0.5) is 5.00 Å². The van der Waals surface area contributed by atoms with Gasteiger partial charge in [-0.2, -0.15) is 0 Å². The van der Waals surface area contributed by atoms with Crippen molar-refractivity contribution in [3.05, 3.63) is 63.4 Å². The number of carbonyl (C=O) groups excluding carboxylic acids is 3. The second-order valence-corrected chi connectivity index (χ2v) is 9.75. The molecule has 0 saturated carbocycles. The van der Waals surface area contributed by atoms with Crippen LogP contribution in [-0.4, -0.2) is 29.5 Å². The van der Waals surface area contributed by atoms with Gasteiger partial charge in [-0.15, -0.1) is 23.1 Å². The Morgan fingerprint density at radius 2 is 2.03 bits per heavy atom. The zero-order chi connectivity index (χ0) is 23.4. The topological polar surface area (TPSA) is 125 Å². The average molecular weight is 486 g/mol. The Morgan fingerprint density at radius 3 is 2.79 bits per heavy atom. The number of primary amides is 1. The Bertz CT molecular complexity index is 1200. The molecule has 4 rings (SSSR count). The number of hydrogen-bond acceptors (Lipinski definition) is 8. The second kappa shape index (κ2) is 10.2. The van der Waals surface area contributed by atoms with Gasteiger partial charge in [-0.1, -0.05) is 17.3 Å². The molecule has 33 heavy (non-hydrogen) atoms. The summed E-state index contributed by atoms with van der Waals surface area (Å²) in [4.78, 5) is 38.9. The summed E-state index contributed by atoms with van der Waals surface area (Å²) in [7, 11) is 0. The van der Waals surface area contributed by atoms with Crippen LogP contribution >= 0.6 is 23.1 Å². The number of benzene rings is 1. The van der Waals surface area contributed by atoms with Gasteiger partial charge in [0.05, 0.1) is 22.6 Å². The van der Waals surface area contributed by atoms with Crippen LogP contribution in [0, 0.1) is 6.92 Å². The zero-order valence-corrected chi connectivity index (χ0v) is 19.6. The lowest BCUT2D eigenvalue weighted by Gasteiger charge is -2.11. The van der Waals surface area contributed by atoms with Crippen molar-refractivity contribution in [3.63, 3.8) is 0 Å². The Morgan fingerprint density at radius 1 is 1.24 bits per heavy atom. The van der Waals surface area contributed by atoms with Crippen LogP contribution in [0.25, 0.3) is 0 Å². The normalized spacial score (nSPS) is 12.8. The molecule has 10 heteroatoms. The van der Waals surface area contributed by atoms with E-state index >= 15 is 0 Å². The molecule has 3 N–H and O–H groups in total. The third kappa shape index (κ3) is 5.45. The molecule has 2 amide bonds. The quantitative estimate of drug-likeness (QED) is 0.363. The number of esters is 1. The fraction of sp³-hybridized carbons (Fsp3) is 0.304. The molecule has 0 spiro atoms. The van der Waals surface area contributed by atoms with Crippen LogP contribution in [0.3, 0.4) is 0 Å². The molecule has 1 aromatic carbocycles. The van der Waals surface area contributed by atoms with Crippen molar-refractivity contribution in [2.24, 2.45) is 5.73 Å². The van der Waals surface area contributed by atoms with Crippen LogP contribution in [0.15, 0.2) is 39.8 Å². The number of hydrogen-bond donors (Lipinski definition) is 2. The van der Waals surface area contributed by atoms with Gasteiger partial charge >= 0.3 is 5.97 Å². The van der Waals surface area contributed by atoms with Crippen molar-refractivity contribution in [2.45, 2.75) is 43.3 Å². The zero-order valence-electron chi connectivity index (χ0n) is 18.0. The average Bonchev–Trinajstić information content (AvgIpc) is 3.38. The summed E-state index contributed by atoms with van der Waals surface area (Å²) < 4.78 is 10.5. The smallest absolute Gasteiger partial charge is 0.339 e. The minimum atomic E-state index is -0.609. The lowest BCUT2D eigenvalue weighted by molar-refractivity contribution is -0.119. The third-order valence-corrected chi connectivity index (χ3v) is 7.46. The summed E-state index contributed by atoms with van der Waals surface area (Å²) in [6.45, 7) is 1.37. The number of thiophene rings is 1. The van der Waals surface area contributed by atoms with E-state index in [-0.39, 0.29) is 0 Å². The maximum absolute atomic E-state index is 12.6. The molecule has 0 aliphatic heterocycles. The Kier molecular flexibility index (Phi) is 7.14. The fourth-order valence-electron chi connectivity index (χ4n) is 3.68. The number of fused-ring (bicyclic) bond motifs is 1. The Labute approximate surface area is 198 Å². The molecule has 172 valence electrons. The highest BCUT2D eigenvalue weighted by Gasteiger charge is 2.25. The molecule has 0 unspecified atom stereocenters. The molecule has 0 bridgehead atoms. The molecule has 2 aromatic heterocycles. The van der Waals surface area contributed by atoms with Crippen LogP contribution in [0.5, 0.6) is 0 Å². The Hall–Kier alpha value is -3.11. The van der Waals surface area contributed by atoms with E-state index in [2.05, 4.69) is 10.5 Å². The summed E-state index contributed by atoms with van der Waals surface area (Å²) in [5.41, 5.74) is 8.01. The first kappa shape index (κ1) is 23.1. The van der Waals surface area contributed by atoms with Gasteiger partial charge in [0, 0.05) is 15.8 Å². The SMILES string of the molecule is Cc1cc(CSc2ccccc2C(=O)OCC(=O)Nc2sc3c(c2C(N)=O)CCCC3)on1. The maximum Gasteiger partial charge on any atom is 0.339 e. The van der Waals surface area contributed by atoms with E-state index in [0.717, 1.165) is 41.8 Å². The van der Waals surface area contributed by atoms with Crippen molar-refractivity contribution in [1.82, 2.24) is 5.16 Å². The van der Waals surface area contributed by atoms with E-state index in [1.54, 1.807) is 18.2 Å². The van der Waals surface area contributed by atoms with Gasteiger partial charge in [0.1, 0.15) is 10.8 Å². The number of aromatic nitrogens is 1. The van der Waals surface area contributed by atoms with E-state index in [4.69, 9.17) is 15.0 Å². The lowest BCUT2D eigenvalue weighted by Crippen LogP contribution is -2.23. The van der Waals surface area contributed by atoms with Crippen molar-refractivity contribution >= 4 is 45.9 Å². The molecular weight excluding hydrogens is 462 g/mol. The molecular formula is C23H23N3O5S2. The summed E-state index contributed by atoms with van der Waals surface area (Å²) in [6.07, 6.45) is 3.68. The highest BCUT2D eigenvalue weighted by atomic mass is 32.2. The number of carbonyl (C=O) groups is 3. The third-order valence-electron chi connectivity index (χ3n) is 5.16. The summed E-state index contributed by atoms with van der Waals surface area (Å²) >= 11 is 2.78. The van der Waals surface area contributed by atoms with Crippen LogP contribution < -0.4 is 11.1 Å².